The first-order chi connectivity index (χ1) is 8.06. The fourth-order valence-electron chi connectivity index (χ4n) is 1.74. The summed E-state index contributed by atoms with van der Waals surface area (Å²) < 4.78 is 0. The van der Waals surface area contributed by atoms with E-state index >= 15 is 0 Å². The van der Waals surface area contributed by atoms with Crippen molar-refractivity contribution in [3.63, 3.8) is 0 Å². The van der Waals surface area contributed by atoms with Gasteiger partial charge in [-0.25, -0.2) is 0 Å². The van der Waals surface area contributed by atoms with Crippen molar-refractivity contribution in [3.05, 3.63) is 47.5 Å². The van der Waals surface area contributed by atoms with Crippen molar-refractivity contribution in [3.8, 4) is 0 Å². The highest BCUT2D eigenvalue weighted by molar-refractivity contribution is 6.38. The summed E-state index contributed by atoms with van der Waals surface area (Å²) in [7, 11) is 11.9. The van der Waals surface area contributed by atoms with Crippen LogP contribution in [0, 0.1) is 13.8 Å². The molecule has 17 heavy (non-hydrogen) atoms. The Bertz CT molecular complexity index is 500. The molecule has 1 nitrogen and oxygen atoms in total. The van der Waals surface area contributed by atoms with Crippen molar-refractivity contribution in [1.29, 1.82) is 0 Å². The van der Waals surface area contributed by atoms with Gasteiger partial charge in [-0.15, -0.1) is 0 Å². The van der Waals surface area contributed by atoms with Crippen LogP contribution < -0.4 is 16.2 Å². The maximum atomic E-state index is 5.95. The molecule has 0 unspecified atom stereocenters. The summed E-state index contributed by atoms with van der Waals surface area (Å²) in [6, 6.07) is 11.8. The largest absolute Gasteiger partial charge is 0.356 e. The number of hydrogen-bond donors (Lipinski definition) is 1. The van der Waals surface area contributed by atoms with Crippen LogP contribution >= 0.6 is 0 Å². The molecule has 0 fully saturated rings. The third-order valence-electron chi connectivity index (χ3n) is 2.68. The third kappa shape index (κ3) is 2.73. The summed E-state index contributed by atoms with van der Waals surface area (Å²) in [6.45, 7) is 4.03. The smallest absolute Gasteiger partial charge is 0.116 e. The molecule has 0 spiro atoms. The van der Waals surface area contributed by atoms with Crippen molar-refractivity contribution < 1.29 is 0 Å². The van der Waals surface area contributed by atoms with Gasteiger partial charge in [-0.3, -0.25) is 0 Å². The number of anilines is 2. The summed E-state index contributed by atoms with van der Waals surface area (Å²) in [4.78, 5) is 0. The van der Waals surface area contributed by atoms with E-state index < -0.39 is 0 Å². The van der Waals surface area contributed by atoms with Gasteiger partial charge in [-0.05, 0) is 26.0 Å². The van der Waals surface area contributed by atoms with Crippen LogP contribution in [0.4, 0.5) is 11.4 Å². The molecular weight excluding hydrogens is 204 g/mol. The van der Waals surface area contributed by atoms with Gasteiger partial charge in [0.2, 0.25) is 0 Å². The number of hydrogen-bond acceptors (Lipinski definition) is 1. The van der Waals surface area contributed by atoms with E-state index in [9.17, 15) is 0 Å². The number of benzene rings is 2. The third-order valence-corrected chi connectivity index (χ3v) is 2.68. The maximum absolute atomic E-state index is 5.95. The van der Waals surface area contributed by atoms with Gasteiger partial charge in [0, 0.05) is 11.4 Å². The average molecular weight is 217 g/mol. The molecule has 2 aromatic rings. The Morgan fingerprint density at radius 3 is 1.53 bits per heavy atom. The van der Waals surface area contributed by atoms with Gasteiger partial charge in [-0.2, -0.15) is 0 Å². The van der Waals surface area contributed by atoms with Gasteiger partial charge in [0.15, 0.2) is 0 Å². The predicted octanol–water partition coefficient (Wildman–Crippen LogP) is 1.63. The lowest BCUT2D eigenvalue weighted by molar-refractivity contribution is 1.46. The fourth-order valence-corrected chi connectivity index (χ4v) is 1.74. The first-order valence-electron chi connectivity index (χ1n) is 5.55. The molecule has 80 valence electrons. The second-order valence-corrected chi connectivity index (χ2v) is 4.31. The molecule has 1 N–H and O–H groups in total. The highest BCUT2D eigenvalue weighted by Gasteiger charge is 2.01. The van der Waals surface area contributed by atoms with Crippen LogP contribution in [0.1, 0.15) is 11.1 Å². The second-order valence-electron chi connectivity index (χ2n) is 4.31. The van der Waals surface area contributed by atoms with E-state index in [0.717, 1.165) is 33.4 Å². The topological polar surface area (TPSA) is 12.0 Å². The molecule has 0 bridgehead atoms. The molecule has 2 rings (SSSR count). The molecule has 0 aliphatic heterocycles. The van der Waals surface area contributed by atoms with E-state index in [0.29, 0.717) is 0 Å². The van der Waals surface area contributed by atoms with Gasteiger partial charge < -0.3 is 5.32 Å². The highest BCUT2D eigenvalue weighted by Crippen LogP contribution is 2.13. The van der Waals surface area contributed by atoms with E-state index in [1.807, 2.05) is 50.2 Å². The Kier molecular flexibility index (Phi) is 3.28. The minimum atomic E-state index is 0.727. The Hall–Kier alpha value is -1.63. The zero-order valence-corrected chi connectivity index (χ0v) is 10.1. The maximum Gasteiger partial charge on any atom is 0.116 e. The molecule has 0 heterocycles. The predicted molar refractivity (Wildman–Crippen MR) is 76.4 cm³/mol. The van der Waals surface area contributed by atoms with Crippen molar-refractivity contribution >= 4 is 38.0 Å². The number of aryl methyl sites for hydroxylation is 2. The van der Waals surface area contributed by atoms with Gasteiger partial charge in [-0.1, -0.05) is 46.3 Å². The summed E-state index contributed by atoms with van der Waals surface area (Å²) in [5.41, 5.74) is 5.50. The molecule has 0 saturated carbocycles. The lowest BCUT2D eigenvalue weighted by Gasteiger charge is -2.13. The van der Waals surface area contributed by atoms with Crippen molar-refractivity contribution in [2.75, 3.05) is 5.32 Å². The van der Waals surface area contributed by atoms with Gasteiger partial charge >= 0.3 is 0 Å². The van der Waals surface area contributed by atoms with E-state index in [1.54, 1.807) is 0 Å². The summed E-state index contributed by atoms with van der Waals surface area (Å²) >= 11 is 0. The van der Waals surface area contributed by atoms with Crippen LogP contribution in [-0.2, 0) is 0 Å². The Morgan fingerprint density at radius 1 is 0.765 bits per heavy atom. The SMILES string of the molecule is [B]c1cc(C)ccc1Nc1ccc(C)cc1[B]. The van der Waals surface area contributed by atoms with Crippen LogP contribution in [0.25, 0.3) is 0 Å². The van der Waals surface area contributed by atoms with E-state index in [-0.39, 0.29) is 0 Å². The Balaban J connectivity index is 2.31. The monoisotopic (exact) mass is 217 g/mol. The molecule has 4 radical (unpaired) electrons. The van der Waals surface area contributed by atoms with Crippen LogP contribution in [0.15, 0.2) is 36.4 Å². The summed E-state index contributed by atoms with van der Waals surface area (Å²) in [6.07, 6.45) is 0. The van der Waals surface area contributed by atoms with Gasteiger partial charge in [0.25, 0.3) is 0 Å². The first-order valence-corrected chi connectivity index (χ1v) is 5.55. The highest BCUT2D eigenvalue weighted by atomic mass is 14.9. The van der Waals surface area contributed by atoms with Gasteiger partial charge in [0.05, 0.1) is 0 Å². The van der Waals surface area contributed by atoms with Crippen LogP contribution in [0.3, 0.4) is 0 Å². The fraction of sp³-hybridized carbons (Fsp3) is 0.143. The van der Waals surface area contributed by atoms with Crippen LogP contribution in [-0.4, -0.2) is 15.7 Å². The quantitative estimate of drug-likeness (QED) is 0.753. The zero-order chi connectivity index (χ0) is 12.4. The minimum Gasteiger partial charge on any atom is -0.356 e. The summed E-state index contributed by atoms with van der Waals surface area (Å²) in [5.74, 6) is 0. The zero-order valence-electron chi connectivity index (χ0n) is 10.1. The molecule has 0 aromatic heterocycles. The average Bonchev–Trinajstić information content (AvgIpc) is 2.25. The van der Waals surface area contributed by atoms with Crippen molar-refractivity contribution in [1.82, 2.24) is 0 Å². The van der Waals surface area contributed by atoms with Crippen LogP contribution in [0.2, 0.25) is 0 Å². The lowest BCUT2D eigenvalue weighted by Crippen LogP contribution is -2.15. The second kappa shape index (κ2) is 4.70. The molecule has 2 aromatic carbocycles. The minimum absolute atomic E-state index is 0.727. The molecule has 0 aliphatic rings. The molecule has 0 atom stereocenters. The van der Waals surface area contributed by atoms with Crippen LogP contribution in [0.5, 0.6) is 0 Å². The molecule has 0 aliphatic carbocycles. The lowest BCUT2D eigenvalue weighted by atomic mass is 9.90. The van der Waals surface area contributed by atoms with Crippen molar-refractivity contribution in [2.24, 2.45) is 0 Å². The first kappa shape index (κ1) is 11.8. The number of rotatable bonds is 2. The van der Waals surface area contributed by atoms with E-state index in [1.165, 1.54) is 0 Å². The molecule has 3 heteroatoms. The number of nitrogens with one attached hydrogen (secondary N) is 1. The Morgan fingerprint density at radius 2 is 1.18 bits per heavy atom. The standard InChI is InChI=1S/C14H13B2N/c1-9-3-5-13(11(15)7-9)17-14-6-4-10(2)8-12(14)16/h3-8,17H,1-2H3. The van der Waals surface area contributed by atoms with E-state index in [4.69, 9.17) is 15.7 Å². The Labute approximate surface area is 105 Å². The molecular formula is C14H13B2N. The molecule has 0 saturated heterocycles. The van der Waals surface area contributed by atoms with E-state index in [2.05, 4.69) is 5.32 Å². The summed E-state index contributed by atoms with van der Waals surface area (Å²) in [5, 5.41) is 3.24. The normalized spacial score (nSPS) is 10.2. The van der Waals surface area contributed by atoms with Crippen molar-refractivity contribution in [2.45, 2.75) is 13.8 Å². The van der Waals surface area contributed by atoms with Gasteiger partial charge in [0.1, 0.15) is 15.7 Å². The molecule has 0 amide bonds.